The Kier molecular flexibility index (Phi) is 4.98. The number of anilines is 1. The smallest absolute Gasteiger partial charge is 0.340 e. The van der Waals surface area contributed by atoms with E-state index in [2.05, 4.69) is 38.0 Å². The highest BCUT2D eigenvalue weighted by Gasteiger charge is 2.14. The van der Waals surface area contributed by atoms with E-state index in [1.165, 1.54) is 6.20 Å². The number of aromatic nitrogens is 3. The summed E-state index contributed by atoms with van der Waals surface area (Å²) in [6.45, 7) is 1.47. The second-order valence-electron chi connectivity index (χ2n) is 5.41. The Balaban J connectivity index is 1.65. The summed E-state index contributed by atoms with van der Waals surface area (Å²) in [5.41, 5.74) is 2.42. The minimum absolute atomic E-state index is 0.283. The van der Waals surface area contributed by atoms with Gasteiger partial charge in [0.15, 0.2) is 12.3 Å². The van der Waals surface area contributed by atoms with Crippen molar-refractivity contribution in [1.29, 1.82) is 0 Å². The lowest BCUT2D eigenvalue weighted by Crippen LogP contribution is -2.21. The van der Waals surface area contributed by atoms with E-state index >= 15 is 0 Å². The van der Waals surface area contributed by atoms with E-state index in [9.17, 15) is 9.59 Å². The third kappa shape index (κ3) is 3.78. The summed E-state index contributed by atoms with van der Waals surface area (Å²) in [4.78, 5) is 28.3. The number of benzene rings is 1. The Morgan fingerprint density at radius 1 is 1.32 bits per heavy atom. The highest BCUT2D eigenvalue weighted by molar-refractivity contribution is 14.1. The van der Waals surface area contributed by atoms with Crippen LogP contribution in [0.15, 0.2) is 36.5 Å². The van der Waals surface area contributed by atoms with Gasteiger partial charge in [-0.3, -0.25) is 9.48 Å². The number of nitrogens with one attached hydrogen (secondary N) is 1. The van der Waals surface area contributed by atoms with Crippen LogP contribution in [-0.2, 0) is 16.6 Å². The topological polar surface area (TPSA) is 86.1 Å². The molecule has 0 aliphatic heterocycles. The summed E-state index contributed by atoms with van der Waals surface area (Å²) in [6, 6.07) is 9.02. The largest absolute Gasteiger partial charge is 0.452 e. The van der Waals surface area contributed by atoms with E-state index in [1.54, 1.807) is 23.9 Å². The molecule has 1 N–H and O–H groups in total. The van der Waals surface area contributed by atoms with Gasteiger partial charge < -0.3 is 10.1 Å². The number of carbonyl (C=O) groups is 2. The predicted octanol–water partition coefficient (Wildman–Crippen LogP) is 2.68. The van der Waals surface area contributed by atoms with Crippen LogP contribution < -0.4 is 5.32 Å². The quantitative estimate of drug-likeness (QED) is 0.488. The van der Waals surface area contributed by atoms with Crippen LogP contribution in [0.25, 0.3) is 11.0 Å². The van der Waals surface area contributed by atoms with Gasteiger partial charge in [-0.05, 0) is 47.7 Å². The van der Waals surface area contributed by atoms with Crippen molar-refractivity contribution >= 4 is 51.2 Å². The maximum absolute atomic E-state index is 12.2. The summed E-state index contributed by atoms with van der Waals surface area (Å²) in [6.07, 6.45) is 1.42. The third-order valence-electron chi connectivity index (χ3n) is 3.58. The number of nitrogens with zero attached hydrogens (tertiary/aromatic N) is 3. The molecule has 128 valence electrons. The first-order chi connectivity index (χ1) is 12.0. The van der Waals surface area contributed by atoms with Crippen molar-refractivity contribution in [3.8, 4) is 0 Å². The SMILES string of the molecule is Cc1nn(C)c2ncc(C(=O)OCC(=O)Nc3ccccc3I)cc12. The van der Waals surface area contributed by atoms with Crippen molar-refractivity contribution in [2.45, 2.75) is 6.92 Å². The lowest BCUT2D eigenvalue weighted by Gasteiger charge is -2.08. The number of hydrogen-bond donors (Lipinski definition) is 1. The summed E-state index contributed by atoms with van der Waals surface area (Å²) in [7, 11) is 1.79. The van der Waals surface area contributed by atoms with Gasteiger partial charge in [-0.1, -0.05) is 12.1 Å². The van der Waals surface area contributed by atoms with E-state index < -0.39 is 11.9 Å². The van der Waals surface area contributed by atoms with Crippen molar-refractivity contribution < 1.29 is 14.3 Å². The number of carbonyl (C=O) groups excluding carboxylic acids is 2. The predicted molar refractivity (Wildman–Crippen MR) is 101 cm³/mol. The number of aryl methyl sites for hydroxylation is 2. The fourth-order valence-corrected chi connectivity index (χ4v) is 2.91. The molecule has 0 radical (unpaired) electrons. The highest BCUT2D eigenvalue weighted by Crippen LogP contribution is 2.18. The molecular weight excluding hydrogens is 435 g/mol. The molecule has 0 fully saturated rings. The van der Waals surface area contributed by atoms with Crippen molar-refractivity contribution in [3.05, 3.63) is 51.4 Å². The van der Waals surface area contributed by atoms with Gasteiger partial charge in [0.05, 0.1) is 16.9 Å². The Hall–Kier alpha value is -2.49. The molecule has 3 rings (SSSR count). The molecule has 25 heavy (non-hydrogen) atoms. The first kappa shape index (κ1) is 17.3. The number of pyridine rings is 1. The standard InChI is InChI=1S/C17H15IN4O3/c1-10-12-7-11(8-19-16(12)22(2)21-10)17(24)25-9-15(23)20-14-6-4-3-5-13(14)18/h3-8H,9H2,1-2H3,(H,20,23). The summed E-state index contributed by atoms with van der Waals surface area (Å²) < 4.78 is 7.63. The van der Waals surface area contributed by atoms with Crippen molar-refractivity contribution in [1.82, 2.24) is 14.8 Å². The number of ether oxygens (including phenoxy) is 1. The van der Waals surface area contributed by atoms with E-state index in [0.717, 1.165) is 14.7 Å². The van der Waals surface area contributed by atoms with Gasteiger partial charge in [-0.25, -0.2) is 9.78 Å². The number of amides is 1. The molecular formula is C17H15IN4O3. The molecule has 0 bridgehead atoms. The zero-order valence-corrected chi connectivity index (χ0v) is 15.8. The second kappa shape index (κ2) is 7.18. The van der Waals surface area contributed by atoms with Gasteiger partial charge >= 0.3 is 5.97 Å². The lowest BCUT2D eigenvalue weighted by molar-refractivity contribution is -0.119. The first-order valence-corrected chi connectivity index (χ1v) is 8.54. The normalized spacial score (nSPS) is 10.7. The maximum atomic E-state index is 12.2. The molecule has 0 aliphatic carbocycles. The number of hydrogen-bond acceptors (Lipinski definition) is 5. The van der Waals surface area contributed by atoms with Crippen LogP contribution in [0.3, 0.4) is 0 Å². The maximum Gasteiger partial charge on any atom is 0.340 e. The Bertz CT molecular complexity index is 968. The number of para-hydroxylation sites is 1. The molecule has 7 nitrogen and oxygen atoms in total. The monoisotopic (exact) mass is 450 g/mol. The molecule has 0 spiro atoms. The van der Waals surface area contributed by atoms with Crippen LogP contribution in [-0.4, -0.2) is 33.2 Å². The fourth-order valence-electron chi connectivity index (χ4n) is 2.38. The van der Waals surface area contributed by atoms with Gasteiger partial charge in [0.2, 0.25) is 0 Å². The van der Waals surface area contributed by atoms with Crippen molar-refractivity contribution in [2.75, 3.05) is 11.9 Å². The molecule has 2 aromatic heterocycles. The van der Waals surface area contributed by atoms with E-state index in [4.69, 9.17) is 4.74 Å². The Labute approximate surface area is 157 Å². The third-order valence-corrected chi connectivity index (χ3v) is 4.52. The average Bonchev–Trinajstić information content (AvgIpc) is 2.88. The molecule has 1 aromatic carbocycles. The molecule has 0 atom stereocenters. The molecule has 0 saturated carbocycles. The molecule has 0 unspecified atom stereocenters. The van der Waals surface area contributed by atoms with E-state index in [1.807, 2.05) is 25.1 Å². The van der Waals surface area contributed by atoms with Gasteiger partial charge in [0, 0.05) is 22.2 Å². The fraction of sp³-hybridized carbons (Fsp3) is 0.176. The molecule has 2 heterocycles. The molecule has 3 aromatic rings. The first-order valence-electron chi connectivity index (χ1n) is 7.46. The zero-order valence-electron chi connectivity index (χ0n) is 13.6. The zero-order chi connectivity index (χ0) is 18.0. The number of halogens is 1. The number of esters is 1. The summed E-state index contributed by atoms with van der Waals surface area (Å²) in [5.74, 6) is -1.00. The minimum atomic E-state index is -0.601. The molecule has 0 aliphatic rings. The van der Waals surface area contributed by atoms with Gasteiger partial charge in [0.1, 0.15) is 0 Å². The van der Waals surface area contributed by atoms with Gasteiger partial charge in [-0.2, -0.15) is 5.10 Å². The van der Waals surface area contributed by atoms with Crippen LogP contribution in [0, 0.1) is 10.5 Å². The summed E-state index contributed by atoms with van der Waals surface area (Å²) >= 11 is 2.12. The highest BCUT2D eigenvalue weighted by atomic mass is 127. The molecule has 1 amide bonds. The van der Waals surface area contributed by atoms with E-state index in [0.29, 0.717) is 11.3 Å². The lowest BCUT2D eigenvalue weighted by atomic mass is 10.2. The average molecular weight is 450 g/mol. The minimum Gasteiger partial charge on any atom is -0.452 e. The van der Waals surface area contributed by atoms with Crippen LogP contribution in [0.5, 0.6) is 0 Å². The van der Waals surface area contributed by atoms with Crippen LogP contribution in [0.1, 0.15) is 16.1 Å². The van der Waals surface area contributed by atoms with Crippen molar-refractivity contribution in [3.63, 3.8) is 0 Å². The summed E-state index contributed by atoms with van der Waals surface area (Å²) in [5, 5.41) is 7.74. The number of fused-ring (bicyclic) bond motifs is 1. The molecule has 8 heteroatoms. The van der Waals surface area contributed by atoms with Gasteiger partial charge in [-0.15, -0.1) is 0 Å². The Morgan fingerprint density at radius 2 is 2.08 bits per heavy atom. The van der Waals surface area contributed by atoms with E-state index in [-0.39, 0.29) is 12.2 Å². The molecule has 0 saturated heterocycles. The second-order valence-corrected chi connectivity index (χ2v) is 6.57. The Morgan fingerprint density at radius 3 is 2.84 bits per heavy atom. The number of rotatable bonds is 4. The van der Waals surface area contributed by atoms with Crippen LogP contribution >= 0.6 is 22.6 Å². The van der Waals surface area contributed by atoms with Crippen LogP contribution in [0.2, 0.25) is 0 Å². The van der Waals surface area contributed by atoms with Gasteiger partial charge in [0.25, 0.3) is 5.91 Å². The van der Waals surface area contributed by atoms with Crippen LogP contribution in [0.4, 0.5) is 5.69 Å². The van der Waals surface area contributed by atoms with Crippen molar-refractivity contribution in [2.24, 2.45) is 7.05 Å².